The first-order valence-corrected chi connectivity index (χ1v) is 13.2. The van der Waals surface area contributed by atoms with Gasteiger partial charge in [-0.25, -0.2) is 8.42 Å². The number of nitrogens with zero attached hydrogens (tertiary/aromatic N) is 1. The van der Waals surface area contributed by atoms with Gasteiger partial charge in [0.2, 0.25) is 10.0 Å². The van der Waals surface area contributed by atoms with Gasteiger partial charge in [-0.3, -0.25) is 14.5 Å². The summed E-state index contributed by atoms with van der Waals surface area (Å²) in [5.74, 6) is -0.314. The average Bonchev–Trinajstić information content (AvgIpc) is 3.22. The Kier molecular flexibility index (Phi) is 6.95. The average molecular weight is 485 g/mol. The van der Waals surface area contributed by atoms with Gasteiger partial charge in [0.1, 0.15) is 11.0 Å². The lowest BCUT2D eigenvalue weighted by atomic mass is 9.85. The summed E-state index contributed by atoms with van der Waals surface area (Å²) in [5, 5.41) is 0.0175. The number of aromatic amines is 1. The first-order chi connectivity index (χ1) is 16.2. The van der Waals surface area contributed by atoms with E-state index in [0.29, 0.717) is 11.4 Å². The van der Waals surface area contributed by atoms with E-state index in [0.717, 1.165) is 48.6 Å². The van der Waals surface area contributed by atoms with Gasteiger partial charge in [0, 0.05) is 23.5 Å². The van der Waals surface area contributed by atoms with Crippen LogP contribution in [0.2, 0.25) is 0 Å². The van der Waals surface area contributed by atoms with Crippen LogP contribution >= 0.6 is 0 Å². The summed E-state index contributed by atoms with van der Waals surface area (Å²) in [6, 6.07) is 11.1. The molecule has 2 unspecified atom stereocenters. The van der Waals surface area contributed by atoms with Gasteiger partial charge in [-0.2, -0.15) is 0 Å². The van der Waals surface area contributed by atoms with Crippen LogP contribution in [0.25, 0.3) is 10.9 Å². The Morgan fingerprint density at radius 3 is 2.65 bits per heavy atom. The molecule has 0 saturated heterocycles. The quantitative estimate of drug-likeness (QED) is 0.448. The fourth-order valence-corrected chi connectivity index (χ4v) is 6.69. The minimum absolute atomic E-state index is 0.127. The SMILES string of the molecule is COc1ccc(C(C2CCCCC2)S(=O)(=O)NC(=O)C(C)(N)Cc2c[nH]c3ccccc23)nc1. The fraction of sp³-hybridized carbons (Fsp3) is 0.440. The van der Waals surface area contributed by atoms with E-state index in [4.69, 9.17) is 10.5 Å². The number of hydrogen-bond acceptors (Lipinski definition) is 6. The normalized spacial score (nSPS) is 17.7. The van der Waals surface area contributed by atoms with Crippen LogP contribution in [0.5, 0.6) is 5.75 Å². The number of pyridine rings is 1. The standard InChI is InChI=1S/C25H32N4O4S/c1-25(26,14-18-15-27-21-11-7-6-10-20(18)21)24(30)29-34(31,32)23(17-8-4-3-5-9-17)22-13-12-19(33-2)16-28-22/h6-7,10-13,15-17,23,27H,3-5,8-9,14,26H2,1-2H3,(H,29,30). The highest BCUT2D eigenvalue weighted by atomic mass is 32.2. The maximum Gasteiger partial charge on any atom is 0.253 e. The molecule has 2 heterocycles. The highest BCUT2D eigenvalue weighted by Gasteiger charge is 2.40. The Bertz CT molecular complexity index is 1250. The van der Waals surface area contributed by atoms with Crippen LogP contribution in [0.3, 0.4) is 0 Å². The second kappa shape index (κ2) is 9.76. The minimum atomic E-state index is -4.09. The van der Waals surface area contributed by atoms with Crippen LogP contribution in [-0.2, 0) is 21.2 Å². The molecule has 2 atom stereocenters. The molecule has 0 aliphatic heterocycles. The number of amides is 1. The van der Waals surface area contributed by atoms with E-state index >= 15 is 0 Å². The first-order valence-electron chi connectivity index (χ1n) is 11.6. The largest absolute Gasteiger partial charge is 0.495 e. The van der Waals surface area contributed by atoms with Crippen molar-refractivity contribution < 1.29 is 17.9 Å². The van der Waals surface area contributed by atoms with Gasteiger partial charge in [0.05, 0.1) is 24.5 Å². The molecule has 182 valence electrons. The molecule has 2 aromatic heterocycles. The number of rotatable bonds is 8. The second-order valence-corrected chi connectivity index (χ2v) is 11.2. The van der Waals surface area contributed by atoms with E-state index in [9.17, 15) is 13.2 Å². The van der Waals surface area contributed by atoms with E-state index < -0.39 is 26.7 Å². The van der Waals surface area contributed by atoms with Gasteiger partial charge in [0.15, 0.2) is 0 Å². The van der Waals surface area contributed by atoms with E-state index in [-0.39, 0.29) is 12.3 Å². The molecule has 1 aromatic carbocycles. The molecule has 4 N–H and O–H groups in total. The summed E-state index contributed by atoms with van der Waals surface area (Å²) in [6.07, 6.45) is 8.03. The minimum Gasteiger partial charge on any atom is -0.495 e. The molecule has 0 radical (unpaired) electrons. The zero-order chi connectivity index (χ0) is 24.3. The molecule has 9 heteroatoms. The molecule has 34 heavy (non-hydrogen) atoms. The second-order valence-electron chi connectivity index (χ2n) is 9.37. The molecule has 1 saturated carbocycles. The smallest absolute Gasteiger partial charge is 0.253 e. The zero-order valence-corrected chi connectivity index (χ0v) is 20.4. The van der Waals surface area contributed by atoms with Crippen LogP contribution in [-0.4, -0.2) is 36.9 Å². The number of sulfonamides is 1. The van der Waals surface area contributed by atoms with Crippen LogP contribution in [0.4, 0.5) is 0 Å². The number of fused-ring (bicyclic) bond motifs is 1. The number of carbonyl (C=O) groups is 1. The number of nitrogens with one attached hydrogen (secondary N) is 2. The highest BCUT2D eigenvalue weighted by Crippen LogP contribution is 2.39. The third kappa shape index (κ3) is 5.10. The Labute approximate surface area is 200 Å². The number of nitrogens with two attached hydrogens (primary N) is 1. The fourth-order valence-electron chi connectivity index (χ4n) is 4.83. The van der Waals surface area contributed by atoms with Gasteiger partial charge >= 0.3 is 0 Å². The van der Waals surface area contributed by atoms with Crippen molar-refractivity contribution in [3.05, 3.63) is 60.0 Å². The summed E-state index contributed by atoms with van der Waals surface area (Å²) >= 11 is 0. The number of aromatic nitrogens is 2. The molecule has 4 rings (SSSR count). The predicted molar refractivity (Wildman–Crippen MR) is 132 cm³/mol. The molecule has 3 aromatic rings. The summed E-state index contributed by atoms with van der Waals surface area (Å²) < 4.78 is 34.7. The van der Waals surface area contributed by atoms with E-state index in [1.165, 1.54) is 13.3 Å². The number of H-pyrrole nitrogens is 1. The Hall–Kier alpha value is -2.91. The number of benzene rings is 1. The molecule has 0 bridgehead atoms. The molecule has 1 aliphatic carbocycles. The molecular weight excluding hydrogens is 452 g/mol. The van der Waals surface area contributed by atoms with Crippen LogP contribution in [0.1, 0.15) is 55.5 Å². The maximum absolute atomic E-state index is 13.6. The monoisotopic (exact) mass is 484 g/mol. The summed E-state index contributed by atoms with van der Waals surface area (Å²) in [4.78, 5) is 20.7. The Balaban J connectivity index is 1.58. The van der Waals surface area contributed by atoms with Crippen LogP contribution in [0, 0.1) is 5.92 Å². The number of hydrogen-bond donors (Lipinski definition) is 3. The van der Waals surface area contributed by atoms with Crippen molar-refractivity contribution in [2.24, 2.45) is 11.7 Å². The molecule has 8 nitrogen and oxygen atoms in total. The van der Waals surface area contributed by atoms with Crippen molar-refractivity contribution in [3.63, 3.8) is 0 Å². The third-order valence-corrected chi connectivity index (χ3v) is 8.45. The van der Waals surface area contributed by atoms with Crippen molar-refractivity contribution in [1.29, 1.82) is 0 Å². The summed E-state index contributed by atoms with van der Waals surface area (Å²) in [5.41, 5.74) is 7.15. The first kappa shape index (κ1) is 24.2. The van der Waals surface area contributed by atoms with E-state index in [1.54, 1.807) is 19.1 Å². The van der Waals surface area contributed by atoms with E-state index in [2.05, 4.69) is 14.7 Å². The van der Waals surface area contributed by atoms with Gasteiger partial charge in [-0.15, -0.1) is 0 Å². The zero-order valence-electron chi connectivity index (χ0n) is 19.6. The summed E-state index contributed by atoms with van der Waals surface area (Å²) in [6.45, 7) is 1.56. The van der Waals surface area contributed by atoms with Crippen molar-refractivity contribution in [2.45, 2.75) is 56.2 Å². The summed E-state index contributed by atoms with van der Waals surface area (Å²) in [7, 11) is -2.56. The topological polar surface area (TPSA) is 127 Å². The number of ether oxygens (including phenoxy) is 1. The number of para-hydroxylation sites is 1. The molecule has 1 amide bonds. The van der Waals surface area contributed by atoms with Crippen molar-refractivity contribution >= 4 is 26.8 Å². The molecule has 1 aliphatic rings. The van der Waals surface area contributed by atoms with Gasteiger partial charge in [-0.05, 0) is 49.4 Å². The molecule has 1 fully saturated rings. The maximum atomic E-state index is 13.6. The number of methoxy groups -OCH3 is 1. The Morgan fingerprint density at radius 1 is 1.24 bits per heavy atom. The highest BCUT2D eigenvalue weighted by molar-refractivity contribution is 7.90. The third-order valence-electron chi connectivity index (χ3n) is 6.68. The van der Waals surface area contributed by atoms with Gasteiger partial charge in [0.25, 0.3) is 5.91 Å². The lowest BCUT2D eigenvalue weighted by Crippen LogP contribution is -2.55. The van der Waals surface area contributed by atoms with Gasteiger partial charge in [-0.1, -0.05) is 37.5 Å². The molecular formula is C25H32N4O4S. The van der Waals surface area contributed by atoms with Crippen LogP contribution in [0.15, 0.2) is 48.8 Å². The van der Waals surface area contributed by atoms with Crippen LogP contribution < -0.4 is 15.2 Å². The van der Waals surface area contributed by atoms with Crippen molar-refractivity contribution in [1.82, 2.24) is 14.7 Å². The predicted octanol–water partition coefficient (Wildman–Crippen LogP) is 3.60. The lowest BCUT2D eigenvalue weighted by molar-refractivity contribution is -0.123. The Morgan fingerprint density at radius 2 is 1.97 bits per heavy atom. The van der Waals surface area contributed by atoms with Gasteiger partial charge < -0.3 is 15.5 Å². The lowest BCUT2D eigenvalue weighted by Gasteiger charge is -2.31. The van der Waals surface area contributed by atoms with E-state index in [1.807, 2.05) is 30.5 Å². The molecule has 0 spiro atoms. The van der Waals surface area contributed by atoms with Crippen molar-refractivity contribution in [3.8, 4) is 5.75 Å². The van der Waals surface area contributed by atoms with Crippen molar-refractivity contribution in [2.75, 3.05) is 7.11 Å². The number of carbonyl (C=O) groups excluding carboxylic acids is 1.